The molecule has 2 heteroatoms. The van der Waals surface area contributed by atoms with E-state index in [-0.39, 0.29) is 0 Å². The molecule has 0 amide bonds. The summed E-state index contributed by atoms with van der Waals surface area (Å²) in [5, 5.41) is 8.65. The zero-order valence-electron chi connectivity index (χ0n) is 8.92. The van der Waals surface area contributed by atoms with Crippen LogP contribution in [-0.4, -0.2) is 17.5 Å². The lowest BCUT2D eigenvalue weighted by molar-refractivity contribution is 0.287. The summed E-state index contributed by atoms with van der Waals surface area (Å²) in [5.41, 5.74) is 2.68. The molecule has 0 spiro atoms. The van der Waals surface area contributed by atoms with Crippen molar-refractivity contribution in [3.05, 3.63) is 29.3 Å². The lowest BCUT2D eigenvalue weighted by atomic mass is 10.2. The molecule has 14 heavy (non-hydrogen) atoms. The topological polar surface area (TPSA) is 20.2 Å². The second kappa shape index (κ2) is 6.10. The number of unbranched alkanes of at least 4 members (excludes halogenated alkanes) is 1. The summed E-state index contributed by atoms with van der Waals surface area (Å²) in [5.74, 6) is 1.10. The summed E-state index contributed by atoms with van der Waals surface area (Å²) < 4.78 is 0. The van der Waals surface area contributed by atoms with Gasteiger partial charge in [0.1, 0.15) is 0 Å². The Morgan fingerprint density at radius 2 is 2.00 bits per heavy atom. The van der Waals surface area contributed by atoms with Crippen molar-refractivity contribution >= 4 is 11.8 Å². The summed E-state index contributed by atoms with van der Waals surface area (Å²) in [6.07, 6.45) is 2.01. The van der Waals surface area contributed by atoms with E-state index in [1.807, 2.05) is 11.8 Å². The molecule has 0 aliphatic rings. The van der Waals surface area contributed by atoms with Gasteiger partial charge in [-0.25, -0.2) is 0 Å². The molecule has 0 aliphatic heterocycles. The average Bonchev–Trinajstić information content (AvgIpc) is 2.15. The third-order valence-corrected chi connectivity index (χ3v) is 3.40. The number of thioether (sulfide) groups is 1. The van der Waals surface area contributed by atoms with E-state index in [9.17, 15) is 0 Å². The van der Waals surface area contributed by atoms with Crippen LogP contribution in [0, 0.1) is 13.8 Å². The first kappa shape index (κ1) is 11.6. The quantitative estimate of drug-likeness (QED) is 0.595. The Labute approximate surface area is 90.5 Å². The molecule has 1 aromatic rings. The molecule has 0 unspecified atom stereocenters. The fourth-order valence-electron chi connectivity index (χ4n) is 1.36. The van der Waals surface area contributed by atoms with Crippen molar-refractivity contribution in [1.29, 1.82) is 0 Å². The minimum atomic E-state index is 0.313. The van der Waals surface area contributed by atoms with Crippen LogP contribution in [0.3, 0.4) is 0 Å². The fraction of sp³-hybridized carbons (Fsp3) is 0.500. The Balaban J connectivity index is 2.42. The molecule has 1 N–H and O–H groups in total. The van der Waals surface area contributed by atoms with Crippen LogP contribution in [0.25, 0.3) is 0 Å². The highest BCUT2D eigenvalue weighted by Crippen LogP contribution is 2.23. The SMILES string of the molecule is Cc1ccc(SCCCCO)c(C)c1. The van der Waals surface area contributed by atoms with Crippen molar-refractivity contribution in [3.8, 4) is 0 Å². The molecule has 1 aromatic carbocycles. The number of rotatable bonds is 5. The van der Waals surface area contributed by atoms with Gasteiger partial charge in [-0.1, -0.05) is 17.7 Å². The first-order chi connectivity index (χ1) is 6.74. The molecule has 0 heterocycles. The summed E-state index contributed by atoms with van der Waals surface area (Å²) in [4.78, 5) is 1.37. The molecule has 1 rings (SSSR count). The summed E-state index contributed by atoms with van der Waals surface area (Å²) in [6, 6.07) is 6.56. The Hall–Kier alpha value is -0.470. The zero-order valence-corrected chi connectivity index (χ0v) is 9.73. The zero-order chi connectivity index (χ0) is 10.4. The van der Waals surface area contributed by atoms with Gasteiger partial charge >= 0.3 is 0 Å². The van der Waals surface area contributed by atoms with E-state index in [0.29, 0.717) is 6.61 Å². The second-order valence-electron chi connectivity index (χ2n) is 3.55. The van der Waals surface area contributed by atoms with Crippen molar-refractivity contribution in [3.63, 3.8) is 0 Å². The summed E-state index contributed by atoms with van der Waals surface area (Å²) in [7, 11) is 0. The minimum Gasteiger partial charge on any atom is -0.396 e. The van der Waals surface area contributed by atoms with E-state index in [0.717, 1.165) is 18.6 Å². The van der Waals surface area contributed by atoms with Gasteiger partial charge in [-0.3, -0.25) is 0 Å². The van der Waals surface area contributed by atoms with Gasteiger partial charge in [0.2, 0.25) is 0 Å². The third-order valence-electron chi connectivity index (χ3n) is 2.14. The third kappa shape index (κ3) is 3.72. The Morgan fingerprint density at radius 1 is 1.21 bits per heavy atom. The number of aryl methyl sites for hydroxylation is 2. The molecule has 0 aliphatic carbocycles. The highest BCUT2D eigenvalue weighted by Gasteiger charge is 1.98. The van der Waals surface area contributed by atoms with Crippen molar-refractivity contribution in [2.45, 2.75) is 31.6 Å². The first-order valence-electron chi connectivity index (χ1n) is 5.05. The normalized spacial score (nSPS) is 10.5. The van der Waals surface area contributed by atoms with Gasteiger partial charge in [0, 0.05) is 11.5 Å². The van der Waals surface area contributed by atoms with Crippen LogP contribution in [0.5, 0.6) is 0 Å². The van der Waals surface area contributed by atoms with Crippen molar-refractivity contribution < 1.29 is 5.11 Å². The van der Waals surface area contributed by atoms with Crippen LogP contribution in [0.4, 0.5) is 0 Å². The lowest BCUT2D eigenvalue weighted by Gasteiger charge is -2.05. The van der Waals surface area contributed by atoms with Crippen molar-refractivity contribution in [1.82, 2.24) is 0 Å². The minimum absolute atomic E-state index is 0.313. The molecule has 0 aromatic heterocycles. The summed E-state index contributed by atoms with van der Waals surface area (Å²) in [6.45, 7) is 4.59. The molecule has 0 saturated heterocycles. The van der Waals surface area contributed by atoms with E-state index < -0.39 is 0 Å². The number of aliphatic hydroxyl groups excluding tert-OH is 1. The maximum atomic E-state index is 8.65. The van der Waals surface area contributed by atoms with Crippen LogP contribution in [0.2, 0.25) is 0 Å². The molecule has 78 valence electrons. The second-order valence-corrected chi connectivity index (χ2v) is 4.68. The van der Waals surface area contributed by atoms with E-state index in [1.54, 1.807) is 0 Å². The van der Waals surface area contributed by atoms with Gasteiger partial charge < -0.3 is 5.11 Å². The van der Waals surface area contributed by atoms with E-state index in [4.69, 9.17) is 5.11 Å². The Bertz CT molecular complexity index is 284. The Morgan fingerprint density at radius 3 is 2.64 bits per heavy atom. The van der Waals surface area contributed by atoms with Gasteiger partial charge in [0.25, 0.3) is 0 Å². The maximum absolute atomic E-state index is 8.65. The van der Waals surface area contributed by atoms with Crippen LogP contribution in [-0.2, 0) is 0 Å². The number of hydrogen-bond acceptors (Lipinski definition) is 2. The van der Waals surface area contributed by atoms with Gasteiger partial charge in [0.15, 0.2) is 0 Å². The van der Waals surface area contributed by atoms with Gasteiger partial charge in [-0.05, 0) is 44.1 Å². The van der Waals surface area contributed by atoms with Crippen LogP contribution >= 0.6 is 11.8 Å². The molecular formula is C12H18OS. The van der Waals surface area contributed by atoms with Crippen LogP contribution in [0.1, 0.15) is 24.0 Å². The fourth-order valence-corrected chi connectivity index (χ4v) is 2.38. The highest BCUT2D eigenvalue weighted by atomic mass is 32.2. The van der Waals surface area contributed by atoms with Gasteiger partial charge in [-0.15, -0.1) is 11.8 Å². The summed E-state index contributed by atoms with van der Waals surface area (Å²) >= 11 is 1.88. The van der Waals surface area contributed by atoms with Crippen molar-refractivity contribution in [2.24, 2.45) is 0 Å². The molecule has 0 radical (unpaired) electrons. The van der Waals surface area contributed by atoms with E-state index >= 15 is 0 Å². The van der Waals surface area contributed by atoms with Crippen molar-refractivity contribution in [2.75, 3.05) is 12.4 Å². The highest BCUT2D eigenvalue weighted by molar-refractivity contribution is 7.99. The predicted octanol–water partition coefficient (Wildman–Crippen LogP) is 3.17. The molecule has 0 fully saturated rings. The van der Waals surface area contributed by atoms with Gasteiger partial charge in [0.05, 0.1) is 0 Å². The monoisotopic (exact) mass is 210 g/mol. The molecule has 1 nitrogen and oxygen atoms in total. The number of aliphatic hydroxyl groups is 1. The number of benzene rings is 1. The molecule has 0 atom stereocenters. The van der Waals surface area contributed by atoms with E-state index in [1.165, 1.54) is 16.0 Å². The largest absolute Gasteiger partial charge is 0.396 e. The molecule has 0 bridgehead atoms. The van der Waals surface area contributed by atoms with Crippen LogP contribution < -0.4 is 0 Å². The predicted molar refractivity (Wildman–Crippen MR) is 63.0 cm³/mol. The smallest absolute Gasteiger partial charge is 0.0431 e. The van der Waals surface area contributed by atoms with Crippen LogP contribution in [0.15, 0.2) is 23.1 Å². The van der Waals surface area contributed by atoms with Gasteiger partial charge in [-0.2, -0.15) is 0 Å². The lowest BCUT2D eigenvalue weighted by Crippen LogP contribution is -1.87. The maximum Gasteiger partial charge on any atom is 0.0431 e. The average molecular weight is 210 g/mol. The molecule has 0 saturated carbocycles. The Kier molecular flexibility index (Phi) is 5.05. The molecular weight excluding hydrogens is 192 g/mol. The van der Waals surface area contributed by atoms with E-state index in [2.05, 4.69) is 32.0 Å². The number of hydrogen-bond donors (Lipinski definition) is 1. The standard InChI is InChI=1S/C12H18OS/c1-10-5-6-12(11(2)9-10)14-8-4-3-7-13/h5-6,9,13H,3-4,7-8H2,1-2H3. The first-order valence-corrected chi connectivity index (χ1v) is 6.03.